The molecule has 0 aliphatic carbocycles. The summed E-state index contributed by atoms with van der Waals surface area (Å²) >= 11 is 0. The number of carbonyl (C=O) groups excluding carboxylic acids is 1. The number of pyridine rings is 1. The Kier molecular flexibility index (Phi) is 4.66. The molecular weight excluding hydrogens is 299 g/mol. The zero-order valence-electron chi connectivity index (χ0n) is 11.3. The summed E-state index contributed by atoms with van der Waals surface area (Å²) in [6.45, 7) is 0.0143. The van der Waals surface area contributed by atoms with Crippen LogP contribution in [0.2, 0.25) is 0 Å². The Labute approximate surface area is 123 Å². The van der Waals surface area contributed by atoms with Crippen LogP contribution in [0.25, 0.3) is 11.3 Å². The van der Waals surface area contributed by atoms with E-state index < -0.39 is 11.9 Å². The molecule has 0 unspecified atom stereocenters. The average Bonchev–Trinajstić information content (AvgIpc) is 2.52. The van der Waals surface area contributed by atoms with E-state index in [1.807, 2.05) is 0 Å². The fourth-order valence-corrected chi connectivity index (χ4v) is 1.63. The largest absolute Gasteiger partial charge is 0.433 e. The first-order valence-corrected chi connectivity index (χ1v) is 6.21. The third-order valence-corrected chi connectivity index (χ3v) is 2.73. The van der Waals surface area contributed by atoms with Crippen molar-refractivity contribution < 1.29 is 18.0 Å². The Morgan fingerprint density at radius 1 is 1.23 bits per heavy atom. The SMILES string of the molecule is NCC(=O)NCc1cc(-c2ccc(C(F)(F)F)nc2)ncn1. The van der Waals surface area contributed by atoms with Gasteiger partial charge in [0.15, 0.2) is 0 Å². The highest BCUT2D eigenvalue weighted by Gasteiger charge is 2.32. The maximum Gasteiger partial charge on any atom is 0.433 e. The number of hydrogen-bond acceptors (Lipinski definition) is 5. The highest BCUT2D eigenvalue weighted by Crippen LogP contribution is 2.28. The Hall–Kier alpha value is -2.55. The Morgan fingerprint density at radius 3 is 2.59 bits per heavy atom. The second-order valence-electron chi connectivity index (χ2n) is 4.31. The quantitative estimate of drug-likeness (QED) is 0.883. The summed E-state index contributed by atoms with van der Waals surface area (Å²) < 4.78 is 37.4. The van der Waals surface area contributed by atoms with Gasteiger partial charge in [0, 0.05) is 11.8 Å². The van der Waals surface area contributed by atoms with Gasteiger partial charge in [-0.1, -0.05) is 0 Å². The summed E-state index contributed by atoms with van der Waals surface area (Å²) in [5, 5.41) is 2.54. The zero-order chi connectivity index (χ0) is 16.2. The van der Waals surface area contributed by atoms with E-state index in [0.717, 1.165) is 12.3 Å². The van der Waals surface area contributed by atoms with Gasteiger partial charge in [0.25, 0.3) is 0 Å². The molecule has 0 saturated heterocycles. The van der Waals surface area contributed by atoms with Crippen molar-refractivity contribution in [2.45, 2.75) is 12.7 Å². The molecule has 3 N–H and O–H groups in total. The first-order valence-electron chi connectivity index (χ1n) is 6.21. The van der Waals surface area contributed by atoms with Crippen LogP contribution < -0.4 is 11.1 Å². The molecule has 0 radical (unpaired) electrons. The van der Waals surface area contributed by atoms with Gasteiger partial charge in [-0.2, -0.15) is 13.2 Å². The predicted octanol–water partition coefficient (Wildman–Crippen LogP) is 1.13. The third kappa shape index (κ3) is 3.98. The van der Waals surface area contributed by atoms with Crippen molar-refractivity contribution in [2.24, 2.45) is 5.73 Å². The van der Waals surface area contributed by atoms with E-state index in [1.165, 1.54) is 12.4 Å². The molecule has 116 valence electrons. The van der Waals surface area contributed by atoms with E-state index >= 15 is 0 Å². The summed E-state index contributed by atoms with van der Waals surface area (Å²) in [6.07, 6.45) is -2.13. The number of alkyl halides is 3. The third-order valence-electron chi connectivity index (χ3n) is 2.73. The molecule has 2 heterocycles. The molecule has 2 aromatic heterocycles. The molecule has 0 spiro atoms. The van der Waals surface area contributed by atoms with Crippen molar-refractivity contribution in [3.05, 3.63) is 42.1 Å². The van der Waals surface area contributed by atoms with Gasteiger partial charge in [0.1, 0.15) is 12.0 Å². The average molecular weight is 311 g/mol. The van der Waals surface area contributed by atoms with Gasteiger partial charge in [0.2, 0.25) is 5.91 Å². The number of aromatic nitrogens is 3. The van der Waals surface area contributed by atoms with Crippen molar-refractivity contribution in [2.75, 3.05) is 6.54 Å². The van der Waals surface area contributed by atoms with E-state index in [-0.39, 0.29) is 19.0 Å². The molecule has 0 fully saturated rings. The second-order valence-corrected chi connectivity index (χ2v) is 4.31. The molecule has 2 aromatic rings. The number of rotatable bonds is 4. The predicted molar refractivity (Wildman–Crippen MR) is 71.2 cm³/mol. The Bertz CT molecular complexity index is 657. The van der Waals surface area contributed by atoms with Crippen molar-refractivity contribution in [1.82, 2.24) is 20.3 Å². The van der Waals surface area contributed by atoms with Crippen molar-refractivity contribution in [1.29, 1.82) is 0 Å². The molecular formula is C13H12F3N5O. The molecule has 22 heavy (non-hydrogen) atoms. The van der Waals surface area contributed by atoms with E-state index in [2.05, 4.69) is 20.3 Å². The van der Waals surface area contributed by atoms with E-state index in [4.69, 9.17) is 5.73 Å². The number of halogens is 3. The Morgan fingerprint density at radius 2 is 2.00 bits per heavy atom. The summed E-state index contributed by atoms with van der Waals surface area (Å²) in [5.74, 6) is -0.337. The van der Waals surface area contributed by atoms with Crippen LogP contribution in [0.1, 0.15) is 11.4 Å². The first-order chi connectivity index (χ1) is 10.4. The van der Waals surface area contributed by atoms with Crippen LogP contribution in [0, 0.1) is 0 Å². The number of carbonyl (C=O) groups is 1. The van der Waals surface area contributed by atoms with Crippen LogP contribution in [0.3, 0.4) is 0 Å². The van der Waals surface area contributed by atoms with Gasteiger partial charge in [-0.15, -0.1) is 0 Å². The van der Waals surface area contributed by atoms with E-state index in [1.54, 1.807) is 6.07 Å². The van der Waals surface area contributed by atoms with Crippen LogP contribution in [-0.2, 0) is 17.5 Å². The zero-order valence-corrected chi connectivity index (χ0v) is 11.3. The number of nitrogens with two attached hydrogens (primary N) is 1. The number of hydrogen-bond donors (Lipinski definition) is 2. The fourth-order valence-electron chi connectivity index (χ4n) is 1.63. The molecule has 2 rings (SSSR count). The molecule has 0 atom stereocenters. The first kappa shape index (κ1) is 15.8. The minimum Gasteiger partial charge on any atom is -0.349 e. The van der Waals surface area contributed by atoms with Crippen LogP contribution in [0.15, 0.2) is 30.7 Å². The number of nitrogens with one attached hydrogen (secondary N) is 1. The summed E-state index contributed by atoms with van der Waals surface area (Å²) in [7, 11) is 0. The van der Waals surface area contributed by atoms with Gasteiger partial charge < -0.3 is 11.1 Å². The van der Waals surface area contributed by atoms with Crippen molar-refractivity contribution in [3.8, 4) is 11.3 Å². The summed E-state index contributed by atoms with van der Waals surface area (Å²) in [4.78, 5) is 22.4. The lowest BCUT2D eigenvalue weighted by atomic mass is 10.1. The maximum atomic E-state index is 12.5. The monoisotopic (exact) mass is 311 g/mol. The van der Waals surface area contributed by atoms with Crippen LogP contribution in [-0.4, -0.2) is 27.4 Å². The Balaban J connectivity index is 2.17. The molecule has 0 aliphatic heterocycles. The molecule has 6 nitrogen and oxygen atoms in total. The smallest absolute Gasteiger partial charge is 0.349 e. The van der Waals surface area contributed by atoms with Gasteiger partial charge in [-0.25, -0.2) is 9.97 Å². The van der Waals surface area contributed by atoms with E-state index in [0.29, 0.717) is 17.0 Å². The molecule has 0 aromatic carbocycles. The number of amides is 1. The normalized spacial score (nSPS) is 11.3. The minimum atomic E-state index is -4.48. The maximum absolute atomic E-state index is 12.5. The lowest BCUT2D eigenvalue weighted by molar-refractivity contribution is -0.141. The van der Waals surface area contributed by atoms with Gasteiger partial charge in [-0.05, 0) is 18.2 Å². The van der Waals surface area contributed by atoms with Crippen LogP contribution >= 0.6 is 0 Å². The molecule has 0 aliphatic rings. The topological polar surface area (TPSA) is 93.8 Å². The second kappa shape index (κ2) is 6.48. The molecule has 0 bridgehead atoms. The molecule has 1 amide bonds. The lowest BCUT2D eigenvalue weighted by Crippen LogP contribution is -2.30. The van der Waals surface area contributed by atoms with Gasteiger partial charge in [-0.3, -0.25) is 9.78 Å². The fraction of sp³-hybridized carbons (Fsp3) is 0.231. The van der Waals surface area contributed by atoms with Crippen LogP contribution in [0.5, 0.6) is 0 Å². The van der Waals surface area contributed by atoms with Gasteiger partial charge >= 0.3 is 6.18 Å². The van der Waals surface area contributed by atoms with E-state index in [9.17, 15) is 18.0 Å². The molecule has 9 heteroatoms. The molecule has 0 saturated carbocycles. The highest BCUT2D eigenvalue weighted by molar-refractivity contribution is 5.77. The lowest BCUT2D eigenvalue weighted by Gasteiger charge is -2.07. The summed E-state index contributed by atoms with van der Waals surface area (Å²) in [5.41, 5.74) is 5.52. The van der Waals surface area contributed by atoms with Crippen molar-refractivity contribution in [3.63, 3.8) is 0 Å². The standard InChI is InChI=1S/C13H12F3N5O/c14-13(15,16)11-2-1-8(5-18-11)10-3-9(20-7-21-10)6-19-12(22)4-17/h1-3,5,7H,4,6,17H2,(H,19,22). The van der Waals surface area contributed by atoms with Crippen LogP contribution in [0.4, 0.5) is 13.2 Å². The highest BCUT2D eigenvalue weighted by atomic mass is 19.4. The number of nitrogens with zero attached hydrogens (tertiary/aromatic N) is 3. The minimum absolute atomic E-state index is 0.138. The summed E-state index contributed by atoms with van der Waals surface area (Å²) in [6, 6.07) is 3.72. The van der Waals surface area contributed by atoms with Crippen molar-refractivity contribution >= 4 is 5.91 Å². The van der Waals surface area contributed by atoms with Gasteiger partial charge in [0.05, 0.1) is 24.5 Å².